The Morgan fingerprint density at radius 2 is 0.467 bits per heavy atom. The van der Waals surface area contributed by atoms with Crippen molar-refractivity contribution in [3.8, 4) is 0 Å². The van der Waals surface area contributed by atoms with Gasteiger partial charge in [0.1, 0.15) is 0 Å². The molecule has 1 unspecified atom stereocenters. The first-order chi connectivity index (χ1) is 35.9. The summed E-state index contributed by atoms with van der Waals surface area (Å²) in [6.45, 7) is 17.2. The molecule has 0 aliphatic carbocycles. The fourth-order valence-electron chi connectivity index (χ4n) is 9.91. The molecule has 8 aromatic carbocycles. The second kappa shape index (κ2) is 23.8. The third-order valence-corrected chi connectivity index (χ3v) is 44.0. The summed E-state index contributed by atoms with van der Waals surface area (Å²) < 4.78 is 69.0. The van der Waals surface area contributed by atoms with Crippen molar-refractivity contribution in [1.29, 1.82) is 0 Å². The molecular formula is C58H70O9Si8. The molecule has 388 valence electrons. The van der Waals surface area contributed by atoms with Crippen molar-refractivity contribution in [1.82, 2.24) is 0 Å². The highest BCUT2D eigenvalue weighted by Gasteiger charge is 2.64. The van der Waals surface area contributed by atoms with Gasteiger partial charge in [-0.05, 0) is 88.7 Å². The second-order valence-corrected chi connectivity index (χ2v) is 48.0. The van der Waals surface area contributed by atoms with Crippen LogP contribution in [0.5, 0.6) is 0 Å². The molecular weight excluding hydrogens is 1070 g/mol. The predicted molar refractivity (Wildman–Crippen MR) is 323 cm³/mol. The Morgan fingerprint density at radius 1 is 0.227 bits per heavy atom. The van der Waals surface area contributed by atoms with Gasteiger partial charge in [0.05, 0.1) is 0 Å². The van der Waals surface area contributed by atoms with E-state index < -0.39 is 68.5 Å². The molecule has 0 amide bonds. The number of benzene rings is 8. The Hall–Kier alpha value is -4.86. The standard InChI is InChI=1S/C58H70O9Si8/c1-59-75(60-2,58-49-33-18-34-50-58)67-74(56-45-29-16-30-46-56,57-47-31-17-32-48-57)66-73(54-41-25-14-26-42-54,55-43-27-15-28-44-55)65-72(52-37-21-12-22-38-52,53-39-23-13-24-40-53)64-71(10,51-35-19-11-20-36-51)63-70(8,9)62-69(6,7)61-68(3,4)5/h11-50H,1-10H3. The average Bonchev–Trinajstić information content (AvgIpc) is 3.42. The fourth-order valence-corrected chi connectivity index (χ4v) is 49.1. The zero-order valence-corrected chi connectivity index (χ0v) is 52.8. The molecule has 75 heavy (non-hydrogen) atoms. The van der Waals surface area contributed by atoms with Gasteiger partial charge in [0, 0.05) is 19.4 Å². The van der Waals surface area contributed by atoms with Crippen LogP contribution in [0.3, 0.4) is 0 Å². The van der Waals surface area contributed by atoms with Gasteiger partial charge in [-0.3, -0.25) is 0 Å². The van der Waals surface area contributed by atoms with Crippen LogP contribution in [0.4, 0.5) is 0 Å². The van der Waals surface area contributed by atoms with Crippen molar-refractivity contribution < 1.29 is 37.7 Å². The lowest BCUT2D eigenvalue weighted by Gasteiger charge is -2.49. The van der Waals surface area contributed by atoms with Crippen molar-refractivity contribution in [2.75, 3.05) is 14.2 Å². The van der Waals surface area contributed by atoms with Crippen molar-refractivity contribution in [3.63, 3.8) is 0 Å². The summed E-state index contributed by atoms with van der Waals surface area (Å²) in [6, 6.07) is 82.4. The predicted octanol–water partition coefficient (Wildman–Crippen LogP) is 8.23. The SMILES string of the molecule is CO[Si](OC)(O[Si](O[Si](O[Si](O[Si](C)(O[Si](C)(C)O[Si](C)(C)O[Si](C)(C)C)c1ccccc1)(c1ccccc1)c1ccccc1)(c1ccccc1)c1ccccc1)(c1ccccc1)c1ccccc1)c1ccccc1. The van der Waals surface area contributed by atoms with Crippen LogP contribution in [-0.4, -0.2) is 82.7 Å². The molecule has 0 aromatic heterocycles. The zero-order chi connectivity index (χ0) is 53.3. The van der Waals surface area contributed by atoms with E-state index >= 15 is 0 Å². The summed E-state index contributed by atoms with van der Waals surface area (Å²) >= 11 is 0. The highest BCUT2D eigenvalue weighted by Crippen LogP contribution is 2.31. The quantitative estimate of drug-likeness (QED) is 0.0557. The lowest BCUT2D eigenvalue weighted by molar-refractivity contribution is 0.163. The van der Waals surface area contributed by atoms with E-state index in [1.165, 1.54) is 0 Å². The molecule has 0 saturated heterocycles. The van der Waals surface area contributed by atoms with Crippen LogP contribution in [-0.2, 0) is 37.7 Å². The monoisotopic (exact) mass is 1130 g/mol. The summed E-state index contributed by atoms with van der Waals surface area (Å²) in [5.41, 5.74) is 0. The van der Waals surface area contributed by atoms with Gasteiger partial charge in [-0.1, -0.05) is 243 Å². The van der Waals surface area contributed by atoms with Gasteiger partial charge in [-0.2, -0.15) is 0 Å². The minimum absolute atomic E-state index is 0.785. The molecule has 0 heterocycles. The molecule has 0 radical (unpaired) electrons. The summed E-state index contributed by atoms with van der Waals surface area (Å²) in [5.74, 6) is 0. The van der Waals surface area contributed by atoms with E-state index in [1.807, 2.05) is 109 Å². The number of hydrogen-bond donors (Lipinski definition) is 0. The van der Waals surface area contributed by atoms with Crippen LogP contribution in [0, 0.1) is 0 Å². The lowest BCUT2D eigenvalue weighted by atomic mass is 10.4. The van der Waals surface area contributed by atoms with Gasteiger partial charge < -0.3 is 37.7 Å². The Kier molecular flexibility index (Phi) is 17.9. The van der Waals surface area contributed by atoms with Gasteiger partial charge >= 0.3 is 60.2 Å². The molecule has 0 N–H and O–H groups in total. The third-order valence-electron chi connectivity index (χ3n) is 12.6. The Morgan fingerprint density at radius 3 is 0.747 bits per heavy atom. The molecule has 17 heteroatoms. The molecule has 0 aliphatic rings. The van der Waals surface area contributed by atoms with E-state index in [0.29, 0.717) is 0 Å². The van der Waals surface area contributed by atoms with E-state index in [1.54, 1.807) is 14.2 Å². The fraction of sp³-hybridized carbons (Fsp3) is 0.172. The third kappa shape index (κ3) is 12.9. The van der Waals surface area contributed by atoms with Crippen molar-refractivity contribution in [3.05, 3.63) is 243 Å². The maximum atomic E-state index is 8.80. The van der Waals surface area contributed by atoms with Crippen molar-refractivity contribution in [2.24, 2.45) is 0 Å². The molecule has 0 fully saturated rings. The smallest absolute Gasteiger partial charge is 0.437 e. The minimum Gasteiger partial charge on any atom is -0.437 e. The van der Waals surface area contributed by atoms with Crippen LogP contribution < -0.4 is 41.5 Å². The van der Waals surface area contributed by atoms with Gasteiger partial charge in [-0.15, -0.1) is 0 Å². The van der Waals surface area contributed by atoms with E-state index in [9.17, 15) is 0 Å². The summed E-state index contributed by atoms with van der Waals surface area (Å²) in [7, 11) is -25.1. The summed E-state index contributed by atoms with van der Waals surface area (Å²) in [5, 5.41) is 6.81. The van der Waals surface area contributed by atoms with Gasteiger partial charge in [0.15, 0.2) is 8.32 Å². The minimum atomic E-state index is -4.38. The Labute approximate surface area is 454 Å². The Bertz CT molecular complexity index is 2880. The normalized spacial score (nSPS) is 13.8. The molecule has 0 aliphatic heterocycles. The highest BCUT2D eigenvalue weighted by atomic mass is 28.5. The van der Waals surface area contributed by atoms with Crippen LogP contribution in [0.25, 0.3) is 0 Å². The lowest BCUT2D eigenvalue weighted by Crippen LogP contribution is -2.83. The molecule has 8 rings (SSSR count). The average molecular weight is 1140 g/mol. The van der Waals surface area contributed by atoms with Gasteiger partial charge in [0.2, 0.25) is 0 Å². The maximum absolute atomic E-state index is 8.80. The molecule has 0 bridgehead atoms. The molecule has 0 spiro atoms. The van der Waals surface area contributed by atoms with E-state index in [0.717, 1.165) is 41.5 Å². The number of hydrogen-bond acceptors (Lipinski definition) is 9. The highest BCUT2D eigenvalue weighted by molar-refractivity contribution is 7.12. The molecule has 1 atom stereocenters. The van der Waals surface area contributed by atoms with Crippen molar-refractivity contribution in [2.45, 2.75) is 52.4 Å². The maximum Gasteiger partial charge on any atom is 0.528 e. The first-order valence-corrected chi connectivity index (χ1v) is 43.9. The van der Waals surface area contributed by atoms with Gasteiger partial charge in [-0.25, -0.2) is 0 Å². The van der Waals surface area contributed by atoms with Crippen LogP contribution in [0.1, 0.15) is 0 Å². The zero-order valence-electron chi connectivity index (χ0n) is 44.8. The van der Waals surface area contributed by atoms with Crippen LogP contribution >= 0.6 is 0 Å². The van der Waals surface area contributed by atoms with Crippen LogP contribution in [0.15, 0.2) is 243 Å². The largest absolute Gasteiger partial charge is 0.528 e. The number of rotatable bonds is 24. The van der Waals surface area contributed by atoms with Crippen molar-refractivity contribution >= 4 is 110 Å². The topological polar surface area (TPSA) is 83.1 Å². The first-order valence-electron chi connectivity index (χ1n) is 25.4. The Balaban J connectivity index is 1.49. The van der Waals surface area contributed by atoms with E-state index in [2.05, 4.69) is 186 Å². The van der Waals surface area contributed by atoms with E-state index in [4.69, 9.17) is 37.7 Å². The van der Waals surface area contributed by atoms with Gasteiger partial charge in [0.25, 0.3) is 0 Å². The molecule has 0 saturated carbocycles. The van der Waals surface area contributed by atoms with Crippen LogP contribution in [0.2, 0.25) is 52.4 Å². The van der Waals surface area contributed by atoms with E-state index in [-0.39, 0.29) is 0 Å². The summed E-state index contributed by atoms with van der Waals surface area (Å²) in [4.78, 5) is 0. The molecule has 8 aromatic rings. The molecule has 9 nitrogen and oxygen atoms in total. The summed E-state index contributed by atoms with van der Waals surface area (Å²) in [6.07, 6.45) is 0. The second-order valence-electron chi connectivity index (χ2n) is 20.3. The first kappa shape index (κ1) is 56.3.